The normalized spacial score (nSPS) is 14.1. The van der Waals surface area contributed by atoms with E-state index in [0.29, 0.717) is 15.1 Å². The summed E-state index contributed by atoms with van der Waals surface area (Å²) >= 11 is 9.02. The first kappa shape index (κ1) is 15.4. The Kier molecular flexibility index (Phi) is 6.08. The van der Waals surface area contributed by atoms with Gasteiger partial charge in [-0.25, -0.2) is 0 Å². The molecule has 0 aromatic heterocycles. The van der Waals surface area contributed by atoms with Gasteiger partial charge in [-0.3, -0.25) is 4.79 Å². The van der Waals surface area contributed by atoms with E-state index in [-0.39, 0.29) is 13.0 Å². The van der Waals surface area contributed by atoms with E-state index in [4.69, 9.17) is 16.3 Å². The van der Waals surface area contributed by atoms with Crippen LogP contribution >= 0.6 is 27.5 Å². The second-order valence-electron chi connectivity index (χ2n) is 3.69. The molecule has 1 aromatic carbocycles. The SMILES string of the molecule is CCOC(=O)CC(O)C(O)c1ccc(Cl)cc1Br. The molecular formula is C12H14BrClO4. The third kappa shape index (κ3) is 4.24. The summed E-state index contributed by atoms with van der Waals surface area (Å²) < 4.78 is 5.28. The van der Waals surface area contributed by atoms with Crippen molar-refractivity contribution in [3.8, 4) is 0 Å². The lowest BCUT2D eigenvalue weighted by atomic mass is 10.0. The van der Waals surface area contributed by atoms with E-state index in [1.165, 1.54) is 0 Å². The molecule has 1 aromatic rings. The minimum absolute atomic E-state index is 0.242. The Bertz CT molecular complexity index is 425. The smallest absolute Gasteiger partial charge is 0.308 e. The summed E-state index contributed by atoms with van der Waals surface area (Å²) in [5.74, 6) is -0.547. The van der Waals surface area contributed by atoms with Crippen LogP contribution in [0.1, 0.15) is 25.0 Å². The molecular weight excluding hydrogens is 323 g/mol. The summed E-state index contributed by atoms with van der Waals surface area (Å²) in [6, 6.07) is 4.80. The fourth-order valence-electron chi connectivity index (χ4n) is 1.45. The van der Waals surface area contributed by atoms with Crippen molar-refractivity contribution in [1.29, 1.82) is 0 Å². The molecule has 0 radical (unpaired) electrons. The van der Waals surface area contributed by atoms with Crippen LogP contribution in [0.3, 0.4) is 0 Å². The van der Waals surface area contributed by atoms with Crippen molar-refractivity contribution in [3.63, 3.8) is 0 Å². The lowest BCUT2D eigenvalue weighted by Gasteiger charge is -2.18. The van der Waals surface area contributed by atoms with Crippen LogP contribution in [-0.2, 0) is 9.53 Å². The van der Waals surface area contributed by atoms with Crippen molar-refractivity contribution in [2.75, 3.05) is 6.61 Å². The highest BCUT2D eigenvalue weighted by atomic mass is 79.9. The number of hydrogen-bond donors (Lipinski definition) is 2. The molecule has 100 valence electrons. The van der Waals surface area contributed by atoms with Crippen molar-refractivity contribution in [3.05, 3.63) is 33.3 Å². The monoisotopic (exact) mass is 336 g/mol. The van der Waals surface area contributed by atoms with Gasteiger partial charge in [-0.05, 0) is 24.6 Å². The van der Waals surface area contributed by atoms with Crippen molar-refractivity contribution in [2.24, 2.45) is 0 Å². The molecule has 0 aliphatic rings. The quantitative estimate of drug-likeness (QED) is 0.810. The number of carbonyl (C=O) groups excluding carboxylic acids is 1. The van der Waals surface area contributed by atoms with E-state index in [2.05, 4.69) is 15.9 Å². The third-order valence-electron chi connectivity index (χ3n) is 2.33. The van der Waals surface area contributed by atoms with Crippen molar-refractivity contribution < 1.29 is 19.7 Å². The van der Waals surface area contributed by atoms with Gasteiger partial charge in [0.15, 0.2) is 0 Å². The number of halogens is 2. The van der Waals surface area contributed by atoms with Gasteiger partial charge in [-0.1, -0.05) is 33.6 Å². The summed E-state index contributed by atoms with van der Waals surface area (Å²) in [6.07, 6.45) is -2.66. The van der Waals surface area contributed by atoms with E-state index in [1.807, 2.05) is 0 Å². The number of aliphatic hydroxyl groups excluding tert-OH is 2. The maximum atomic E-state index is 11.2. The van der Waals surface area contributed by atoms with Crippen molar-refractivity contribution in [1.82, 2.24) is 0 Å². The second kappa shape index (κ2) is 7.09. The highest BCUT2D eigenvalue weighted by Gasteiger charge is 2.23. The molecule has 0 aliphatic heterocycles. The fraction of sp³-hybridized carbons (Fsp3) is 0.417. The highest BCUT2D eigenvalue weighted by Crippen LogP contribution is 2.29. The molecule has 0 saturated heterocycles. The zero-order valence-corrected chi connectivity index (χ0v) is 12.1. The molecule has 18 heavy (non-hydrogen) atoms. The lowest BCUT2D eigenvalue weighted by Crippen LogP contribution is -2.23. The van der Waals surface area contributed by atoms with E-state index in [9.17, 15) is 15.0 Å². The Morgan fingerprint density at radius 2 is 2.17 bits per heavy atom. The molecule has 1 rings (SSSR count). The number of ether oxygens (including phenoxy) is 1. The van der Waals surface area contributed by atoms with E-state index >= 15 is 0 Å². The summed E-state index contributed by atoms with van der Waals surface area (Å²) in [5.41, 5.74) is 0.469. The van der Waals surface area contributed by atoms with Crippen molar-refractivity contribution in [2.45, 2.75) is 25.6 Å². The molecule has 0 spiro atoms. The Hall–Kier alpha value is -0.620. The Morgan fingerprint density at radius 1 is 1.50 bits per heavy atom. The van der Waals surface area contributed by atoms with Gasteiger partial charge in [0.25, 0.3) is 0 Å². The van der Waals surface area contributed by atoms with Gasteiger partial charge in [0.2, 0.25) is 0 Å². The average molecular weight is 338 g/mol. The van der Waals surface area contributed by atoms with E-state index < -0.39 is 18.2 Å². The number of rotatable bonds is 5. The minimum atomic E-state index is -1.22. The summed E-state index contributed by atoms with van der Waals surface area (Å²) in [7, 11) is 0. The number of hydrogen-bond acceptors (Lipinski definition) is 4. The summed E-state index contributed by atoms with van der Waals surface area (Å²) in [5, 5.41) is 20.2. The third-order valence-corrected chi connectivity index (χ3v) is 3.25. The maximum absolute atomic E-state index is 11.2. The predicted molar refractivity (Wildman–Crippen MR) is 71.4 cm³/mol. The van der Waals surface area contributed by atoms with Gasteiger partial charge in [0, 0.05) is 9.50 Å². The average Bonchev–Trinajstić information content (AvgIpc) is 2.28. The van der Waals surface area contributed by atoms with E-state index in [0.717, 1.165) is 0 Å². The van der Waals surface area contributed by atoms with Gasteiger partial charge in [0.1, 0.15) is 6.10 Å². The van der Waals surface area contributed by atoms with Crippen LogP contribution in [0.5, 0.6) is 0 Å². The predicted octanol–water partition coefficient (Wildman–Crippen LogP) is 2.45. The number of esters is 1. The van der Waals surface area contributed by atoms with Gasteiger partial charge < -0.3 is 14.9 Å². The number of carbonyl (C=O) groups is 1. The maximum Gasteiger partial charge on any atom is 0.308 e. The van der Waals surface area contributed by atoms with Crippen LogP contribution in [0, 0.1) is 0 Å². The Balaban J connectivity index is 2.73. The zero-order chi connectivity index (χ0) is 13.7. The molecule has 0 saturated carbocycles. The molecule has 4 nitrogen and oxygen atoms in total. The van der Waals surface area contributed by atoms with Gasteiger partial charge in [0.05, 0.1) is 19.1 Å². The van der Waals surface area contributed by atoms with Crippen LogP contribution in [0.15, 0.2) is 22.7 Å². The second-order valence-corrected chi connectivity index (χ2v) is 4.98. The molecule has 0 heterocycles. The molecule has 2 atom stereocenters. The molecule has 0 aliphatic carbocycles. The molecule has 2 N–H and O–H groups in total. The molecule has 0 amide bonds. The van der Waals surface area contributed by atoms with Gasteiger partial charge >= 0.3 is 5.97 Å². The lowest BCUT2D eigenvalue weighted by molar-refractivity contribution is -0.147. The zero-order valence-electron chi connectivity index (χ0n) is 9.77. The highest BCUT2D eigenvalue weighted by molar-refractivity contribution is 9.10. The topological polar surface area (TPSA) is 66.8 Å². The van der Waals surface area contributed by atoms with Crippen molar-refractivity contribution >= 4 is 33.5 Å². The first-order chi connectivity index (χ1) is 8.45. The molecule has 0 bridgehead atoms. The molecule has 6 heteroatoms. The van der Waals surface area contributed by atoms with E-state index in [1.54, 1.807) is 25.1 Å². The standard InChI is InChI=1S/C12H14BrClO4/c1-2-18-11(16)6-10(15)12(17)8-4-3-7(14)5-9(8)13/h3-5,10,12,15,17H,2,6H2,1H3. The largest absolute Gasteiger partial charge is 0.466 e. The Morgan fingerprint density at radius 3 is 2.72 bits per heavy atom. The van der Waals surface area contributed by atoms with Gasteiger partial charge in [-0.15, -0.1) is 0 Å². The number of benzene rings is 1. The van der Waals surface area contributed by atoms with Crippen LogP contribution in [-0.4, -0.2) is 28.9 Å². The van der Waals surface area contributed by atoms with Crippen LogP contribution < -0.4 is 0 Å². The molecule has 2 unspecified atom stereocenters. The molecule has 0 fully saturated rings. The van der Waals surface area contributed by atoms with Crippen LogP contribution in [0.25, 0.3) is 0 Å². The van der Waals surface area contributed by atoms with Gasteiger partial charge in [-0.2, -0.15) is 0 Å². The number of aliphatic hydroxyl groups is 2. The summed E-state index contributed by atoms with van der Waals surface area (Å²) in [4.78, 5) is 11.2. The fourth-order valence-corrected chi connectivity index (χ4v) is 2.37. The Labute approximate surface area is 119 Å². The van der Waals surface area contributed by atoms with Crippen LogP contribution in [0.4, 0.5) is 0 Å². The first-order valence-electron chi connectivity index (χ1n) is 5.42. The van der Waals surface area contributed by atoms with Crippen LogP contribution in [0.2, 0.25) is 5.02 Å². The summed E-state index contributed by atoms with van der Waals surface area (Å²) in [6.45, 7) is 1.92. The first-order valence-corrected chi connectivity index (χ1v) is 6.59. The minimum Gasteiger partial charge on any atom is -0.466 e.